The first kappa shape index (κ1) is 13.9. The maximum atomic E-state index is 11.8. The molecule has 8 heteroatoms. The SMILES string of the molecule is CCCC(C(=O)NCc1nc(C)no1)C(N)=NO. The minimum Gasteiger partial charge on any atom is -0.409 e. The standard InChI is InChI=1S/C10H17N5O3/c1-3-4-7(9(11)14-17)10(16)12-5-8-13-6(2)15-18-8/h7,17H,3-5H2,1-2H3,(H2,11,14)(H,12,16). The summed E-state index contributed by atoms with van der Waals surface area (Å²) in [6, 6.07) is 0. The molecule has 0 aliphatic carbocycles. The van der Waals surface area contributed by atoms with E-state index in [9.17, 15) is 4.79 Å². The monoisotopic (exact) mass is 255 g/mol. The molecule has 0 saturated carbocycles. The predicted molar refractivity (Wildman–Crippen MR) is 62.7 cm³/mol. The van der Waals surface area contributed by atoms with Gasteiger partial charge in [0.2, 0.25) is 11.8 Å². The number of rotatable bonds is 6. The van der Waals surface area contributed by atoms with Crippen molar-refractivity contribution in [2.45, 2.75) is 33.2 Å². The number of nitrogens with two attached hydrogens (primary N) is 1. The molecule has 0 bridgehead atoms. The molecule has 0 aliphatic rings. The number of hydrogen-bond acceptors (Lipinski definition) is 6. The van der Waals surface area contributed by atoms with Crippen LogP contribution in [0, 0.1) is 12.8 Å². The molecule has 0 aromatic carbocycles. The average molecular weight is 255 g/mol. The third kappa shape index (κ3) is 3.72. The van der Waals surface area contributed by atoms with Gasteiger partial charge in [0.25, 0.3) is 0 Å². The Balaban J connectivity index is 2.56. The maximum absolute atomic E-state index is 11.8. The number of carbonyl (C=O) groups is 1. The van der Waals surface area contributed by atoms with Gasteiger partial charge < -0.3 is 20.8 Å². The molecule has 1 unspecified atom stereocenters. The molecule has 0 spiro atoms. The van der Waals surface area contributed by atoms with Crippen molar-refractivity contribution in [1.29, 1.82) is 0 Å². The lowest BCUT2D eigenvalue weighted by Crippen LogP contribution is -2.38. The normalized spacial score (nSPS) is 13.3. The van der Waals surface area contributed by atoms with Crippen molar-refractivity contribution in [3.8, 4) is 0 Å². The summed E-state index contributed by atoms with van der Waals surface area (Å²) in [5.74, 6) is -0.264. The van der Waals surface area contributed by atoms with Crippen LogP contribution in [-0.4, -0.2) is 27.1 Å². The van der Waals surface area contributed by atoms with Crippen molar-refractivity contribution in [3.63, 3.8) is 0 Å². The zero-order valence-electron chi connectivity index (χ0n) is 10.4. The summed E-state index contributed by atoms with van der Waals surface area (Å²) in [4.78, 5) is 15.8. The Morgan fingerprint density at radius 3 is 2.89 bits per heavy atom. The maximum Gasteiger partial charge on any atom is 0.246 e. The van der Waals surface area contributed by atoms with Crippen molar-refractivity contribution in [3.05, 3.63) is 11.7 Å². The summed E-state index contributed by atoms with van der Waals surface area (Å²) in [6.45, 7) is 3.72. The first-order chi connectivity index (χ1) is 8.58. The molecule has 1 rings (SSSR count). The summed E-state index contributed by atoms with van der Waals surface area (Å²) in [5.41, 5.74) is 5.47. The van der Waals surface area contributed by atoms with Gasteiger partial charge in [-0.1, -0.05) is 23.7 Å². The molecule has 4 N–H and O–H groups in total. The fourth-order valence-electron chi connectivity index (χ4n) is 1.47. The summed E-state index contributed by atoms with van der Waals surface area (Å²) < 4.78 is 4.85. The molecule has 0 aliphatic heterocycles. The van der Waals surface area contributed by atoms with Gasteiger partial charge in [-0.25, -0.2) is 0 Å². The second-order valence-electron chi connectivity index (χ2n) is 3.82. The Morgan fingerprint density at radius 1 is 1.67 bits per heavy atom. The predicted octanol–water partition coefficient (Wildman–Crippen LogP) is 0.157. The van der Waals surface area contributed by atoms with E-state index < -0.39 is 5.92 Å². The molecule has 100 valence electrons. The highest BCUT2D eigenvalue weighted by Gasteiger charge is 2.22. The minimum atomic E-state index is -0.649. The third-order valence-corrected chi connectivity index (χ3v) is 2.35. The summed E-state index contributed by atoms with van der Waals surface area (Å²) >= 11 is 0. The van der Waals surface area contributed by atoms with Crippen LogP contribution in [0.3, 0.4) is 0 Å². The number of carbonyl (C=O) groups excluding carboxylic acids is 1. The number of nitrogens with zero attached hydrogens (tertiary/aromatic N) is 3. The summed E-state index contributed by atoms with van der Waals surface area (Å²) in [6.07, 6.45) is 1.25. The Kier molecular flexibility index (Phi) is 5.09. The van der Waals surface area contributed by atoms with E-state index >= 15 is 0 Å². The largest absolute Gasteiger partial charge is 0.409 e. The summed E-state index contributed by atoms with van der Waals surface area (Å²) in [5, 5.41) is 17.7. The van der Waals surface area contributed by atoms with Crippen molar-refractivity contribution in [2.75, 3.05) is 0 Å². The van der Waals surface area contributed by atoms with Gasteiger partial charge in [0, 0.05) is 0 Å². The van der Waals surface area contributed by atoms with Gasteiger partial charge in [-0.3, -0.25) is 4.79 Å². The fourth-order valence-corrected chi connectivity index (χ4v) is 1.47. The van der Waals surface area contributed by atoms with E-state index in [0.29, 0.717) is 18.1 Å². The molecule has 0 radical (unpaired) electrons. The Bertz CT molecular complexity index is 429. The van der Waals surface area contributed by atoms with Crippen LogP contribution in [0.15, 0.2) is 9.68 Å². The van der Waals surface area contributed by atoms with E-state index in [1.54, 1.807) is 6.92 Å². The van der Waals surface area contributed by atoms with Crippen molar-refractivity contribution < 1.29 is 14.5 Å². The number of amidine groups is 1. The summed E-state index contributed by atoms with van der Waals surface area (Å²) in [7, 11) is 0. The van der Waals surface area contributed by atoms with Crippen LogP contribution in [0.1, 0.15) is 31.5 Å². The second-order valence-corrected chi connectivity index (χ2v) is 3.82. The Hall–Kier alpha value is -2.12. The van der Waals surface area contributed by atoms with Crippen LogP contribution < -0.4 is 11.1 Å². The molecule has 1 aromatic heterocycles. The average Bonchev–Trinajstić information content (AvgIpc) is 2.78. The molecular formula is C10H17N5O3. The highest BCUT2D eigenvalue weighted by atomic mass is 16.5. The van der Waals surface area contributed by atoms with Crippen LogP contribution in [0.2, 0.25) is 0 Å². The lowest BCUT2D eigenvalue weighted by Gasteiger charge is -2.13. The molecule has 1 aromatic rings. The number of amides is 1. The van der Waals surface area contributed by atoms with Gasteiger partial charge >= 0.3 is 0 Å². The first-order valence-electron chi connectivity index (χ1n) is 5.62. The molecule has 1 amide bonds. The quantitative estimate of drug-likeness (QED) is 0.287. The molecule has 8 nitrogen and oxygen atoms in total. The van der Waals surface area contributed by atoms with E-state index in [1.165, 1.54) is 0 Å². The fraction of sp³-hybridized carbons (Fsp3) is 0.600. The van der Waals surface area contributed by atoms with Crippen LogP contribution in [0.25, 0.3) is 0 Å². The van der Waals surface area contributed by atoms with Crippen LogP contribution in [-0.2, 0) is 11.3 Å². The van der Waals surface area contributed by atoms with Gasteiger partial charge in [0.1, 0.15) is 0 Å². The van der Waals surface area contributed by atoms with E-state index in [1.807, 2.05) is 6.92 Å². The molecule has 0 saturated heterocycles. The van der Waals surface area contributed by atoms with Crippen LogP contribution >= 0.6 is 0 Å². The van der Waals surface area contributed by atoms with Crippen LogP contribution in [0.5, 0.6) is 0 Å². The molecule has 1 atom stereocenters. The highest BCUT2D eigenvalue weighted by molar-refractivity contribution is 6.01. The topological polar surface area (TPSA) is 127 Å². The highest BCUT2D eigenvalue weighted by Crippen LogP contribution is 2.07. The number of oxime groups is 1. The van der Waals surface area contributed by atoms with Crippen molar-refractivity contribution in [1.82, 2.24) is 15.5 Å². The molecule has 0 fully saturated rings. The van der Waals surface area contributed by atoms with Gasteiger partial charge in [-0.05, 0) is 13.3 Å². The van der Waals surface area contributed by atoms with Gasteiger partial charge in [0.15, 0.2) is 11.7 Å². The second kappa shape index (κ2) is 6.58. The third-order valence-electron chi connectivity index (χ3n) is 2.35. The number of aryl methyl sites for hydroxylation is 1. The van der Waals surface area contributed by atoms with E-state index in [4.69, 9.17) is 15.5 Å². The number of hydrogen-bond donors (Lipinski definition) is 3. The van der Waals surface area contributed by atoms with Crippen LogP contribution in [0.4, 0.5) is 0 Å². The van der Waals surface area contributed by atoms with Gasteiger partial charge in [-0.2, -0.15) is 4.98 Å². The Labute approximate surface area is 104 Å². The van der Waals surface area contributed by atoms with Gasteiger partial charge in [0.05, 0.1) is 12.5 Å². The Morgan fingerprint density at radius 2 is 2.39 bits per heavy atom. The van der Waals surface area contributed by atoms with Crippen molar-refractivity contribution in [2.24, 2.45) is 16.8 Å². The van der Waals surface area contributed by atoms with E-state index in [2.05, 4.69) is 20.6 Å². The minimum absolute atomic E-state index is 0.101. The number of aromatic nitrogens is 2. The lowest BCUT2D eigenvalue weighted by molar-refractivity contribution is -0.123. The van der Waals surface area contributed by atoms with Crippen molar-refractivity contribution >= 4 is 11.7 Å². The van der Waals surface area contributed by atoms with E-state index in [-0.39, 0.29) is 18.3 Å². The number of nitrogens with one attached hydrogen (secondary N) is 1. The first-order valence-corrected chi connectivity index (χ1v) is 5.62. The molecule has 1 heterocycles. The molecule has 18 heavy (non-hydrogen) atoms. The zero-order chi connectivity index (χ0) is 13.5. The molecular weight excluding hydrogens is 238 g/mol. The van der Waals surface area contributed by atoms with Gasteiger partial charge in [-0.15, -0.1) is 0 Å². The zero-order valence-corrected chi connectivity index (χ0v) is 10.4. The lowest BCUT2D eigenvalue weighted by atomic mass is 10.0. The van der Waals surface area contributed by atoms with E-state index in [0.717, 1.165) is 6.42 Å². The smallest absolute Gasteiger partial charge is 0.246 e.